The van der Waals surface area contributed by atoms with Crippen molar-refractivity contribution >= 4 is 64.2 Å². The number of thioether (sulfide) groups is 1. The molecule has 3 rings (SSSR count). The molecule has 5 atom stereocenters. The number of carbonyl (C=O) groups is 5. The highest BCUT2D eigenvalue weighted by atomic mass is 32.2. The summed E-state index contributed by atoms with van der Waals surface area (Å²) in [4.78, 5) is 66.2. The van der Waals surface area contributed by atoms with Gasteiger partial charge in [0.2, 0.25) is 0 Å². The van der Waals surface area contributed by atoms with E-state index in [1.165, 1.54) is 0 Å². The van der Waals surface area contributed by atoms with Crippen molar-refractivity contribution in [3.05, 3.63) is 35.0 Å². The summed E-state index contributed by atoms with van der Waals surface area (Å²) in [5.74, 6) is -3.54. The Kier molecular flexibility index (Phi) is 9.34. The van der Waals surface area contributed by atoms with E-state index in [1.807, 2.05) is 0 Å². The summed E-state index contributed by atoms with van der Waals surface area (Å²) >= 11 is 6.43. The van der Waals surface area contributed by atoms with E-state index in [0.29, 0.717) is 5.56 Å². The molecule has 2 saturated heterocycles. The average Bonchev–Trinajstić information content (AvgIpc) is 3.07. The summed E-state index contributed by atoms with van der Waals surface area (Å²) < 4.78 is 27.4. The maximum atomic E-state index is 13.4. The molecule has 0 aromatic carbocycles. The summed E-state index contributed by atoms with van der Waals surface area (Å²) in [5, 5.41) is 0. The lowest BCUT2D eigenvalue weighted by atomic mass is 9.96. The molecule has 0 spiro atoms. The Bertz CT molecular complexity index is 1130. The third-order valence-electron chi connectivity index (χ3n) is 5.05. The van der Waals surface area contributed by atoms with Crippen LogP contribution in [0.4, 0.5) is 0 Å². The van der Waals surface area contributed by atoms with Crippen LogP contribution in [0, 0.1) is 0 Å². The normalized spacial score (nSPS) is 26.5. The second kappa shape index (κ2) is 12.3. The smallest absolute Gasteiger partial charge is 0.303 e. The zero-order valence-electron chi connectivity index (χ0n) is 20.3. The van der Waals surface area contributed by atoms with Gasteiger partial charge in [0.1, 0.15) is 12.7 Å². The van der Waals surface area contributed by atoms with Crippen LogP contribution in [0.1, 0.15) is 33.3 Å². The maximum absolute atomic E-state index is 13.4. The molecule has 0 saturated carbocycles. The first-order chi connectivity index (χ1) is 17.5. The molecule has 0 bridgehead atoms. The number of pyridine rings is 1. The van der Waals surface area contributed by atoms with E-state index in [2.05, 4.69) is 4.98 Å². The molecule has 12 nitrogen and oxygen atoms in total. The fourth-order valence-corrected chi connectivity index (χ4v) is 5.03. The summed E-state index contributed by atoms with van der Waals surface area (Å²) in [7, 11) is 0. The molecule has 1 aromatic rings. The van der Waals surface area contributed by atoms with Gasteiger partial charge in [-0.3, -0.25) is 33.9 Å². The number of hydrogen-bond donors (Lipinski definition) is 0. The van der Waals surface area contributed by atoms with Crippen LogP contribution in [0.5, 0.6) is 0 Å². The highest BCUT2D eigenvalue weighted by Crippen LogP contribution is 2.39. The zero-order chi connectivity index (χ0) is 27.3. The first-order valence-corrected chi connectivity index (χ1v) is 12.2. The third-order valence-corrected chi connectivity index (χ3v) is 6.38. The fourth-order valence-electron chi connectivity index (χ4n) is 3.72. The van der Waals surface area contributed by atoms with Gasteiger partial charge < -0.3 is 23.7 Å². The minimum absolute atomic E-state index is 0.0752. The molecule has 14 heteroatoms. The highest BCUT2D eigenvalue weighted by molar-refractivity contribution is 8.26. The average molecular weight is 553 g/mol. The number of carbonyl (C=O) groups excluding carboxylic acids is 5. The Balaban J connectivity index is 2.05. The molecule has 1 aromatic heterocycles. The molecule has 0 radical (unpaired) electrons. The number of aromatic nitrogens is 1. The largest absolute Gasteiger partial charge is 0.463 e. The molecule has 2 aliphatic rings. The van der Waals surface area contributed by atoms with E-state index in [0.717, 1.165) is 44.4 Å². The molecule has 37 heavy (non-hydrogen) atoms. The number of thiocarbonyl (C=S) groups is 1. The van der Waals surface area contributed by atoms with Crippen molar-refractivity contribution in [3.63, 3.8) is 0 Å². The van der Waals surface area contributed by atoms with Crippen molar-refractivity contribution in [2.45, 2.75) is 58.3 Å². The van der Waals surface area contributed by atoms with Crippen LogP contribution < -0.4 is 0 Å². The molecule has 5 unspecified atom stereocenters. The molecule has 0 aliphatic carbocycles. The van der Waals surface area contributed by atoms with Crippen LogP contribution in [0.25, 0.3) is 6.08 Å². The van der Waals surface area contributed by atoms with Gasteiger partial charge in [0.15, 0.2) is 28.9 Å². The monoisotopic (exact) mass is 552 g/mol. The first kappa shape index (κ1) is 28.2. The number of rotatable bonds is 7. The molecule has 0 N–H and O–H groups in total. The third kappa shape index (κ3) is 7.11. The number of nitrogens with zero attached hydrogens (tertiary/aromatic N) is 2. The van der Waals surface area contributed by atoms with Crippen LogP contribution in [-0.2, 0) is 47.7 Å². The van der Waals surface area contributed by atoms with Crippen LogP contribution in [0.2, 0.25) is 0 Å². The van der Waals surface area contributed by atoms with Crippen molar-refractivity contribution in [1.82, 2.24) is 9.88 Å². The van der Waals surface area contributed by atoms with Gasteiger partial charge in [0, 0.05) is 40.1 Å². The topological polar surface area (TPSA) is 148 Å². The molecule has 3 heterocycles. The van der Waals surface area contributed by atoms with Gasteiger partial charge in [-0.25, -0.2) is 0 Å². The number of esters is 4. The highest BCUT2D eigenvalue weighted by Gasteiger charge is 2.56. The van der Waals surface area contributed by atoms with Gasteiger partial charge >= 0.3 is 23.9 Å². The summed E-state index contributed by atoms with van der Waals surface area (Å²) in [6.45, 7) is 4.08. The van der Waals surface area contributed by atoms with Gasteiger partial charge in [0.25, 0.3) is 5.91 Å². The van der Waals surface area contributed by atoms with E-state index in [4.69, 9.17) is 35.9 Å². The van der Waals surface area contributed by atoms with Crippen molar-refractivity contribution in [2.75, 3.05) is 6.61 Å². The quantitative estimate of drug-likeness (QED) is 0.208. The maximum Gasteiger partial charge on any atom is 0.303 e. The van der Waals surface area contributed by atoms with E-state index in [9.17, 15) is 24.0 Å². The summed E-state index contributed by atoms with van der Waals surface area (Å²) in [6.07, 6.45) is -2.09. The SMILES string of the molecule is CC(=O)OCC1OC(N2C(=O)C(=Cc3ccncc3)SC2=S)C(OC(C)=O)C(OC(C)=O)C1OC(C)=O. The molecular formula is C23H24N2O10S2. The second-order valence-corrected chi connectivity index (χ2v) is 9.60. The lowest BCUT2D eigenvalue weighted by Crippen LogP contribution is -2.66. The van der Waals surface area contributed by atoms with Gasteiger partial charge in [-0.2, -0.15) is 0 Å². The molecule has 2 fully saturated rings. The molecule has 1 amide bonds. The minimum atomic E-state index is -1.44. The van der Waals surface area contributed by atoms with Crippen molar-refractivity contribution in [1.29, 1.82) is 0 Å². The van der Waals surface area contributed by atoms with E-state index >= 15 is 0 Å². The second-order valence-electron chi connectivity index (χ2n) is 7.92. The predicted octanol–water partition coefficient (Wildman–Crippen LogP) is 1.37. The Morgan fingerprint density at radius 3 is 2.11 bits per heavy atom. The van der Waals surface area contributed by atoms with E-state index < -0.39 is 67.0 Å². The summed E-state index contributed by atoms with van der Waals surface area (Å²) in [6, 6.07) is 3.39. The molecule has 2 aliphatic heterocycles. The van der Waals surface area contributed by atoms with Crippen molar-refractivity contribution < 1.29 is 47.7 Å². The van der Waals surface area contributed by atoms with Crippen LogP contribution in [-0.4, -0.2) is 81.2 Å². The van der Waals surface area contributed by atoms with Crippen LogP contribution >= 0.6 is 24.0 Å². The number of hydrogen-bond acceptors (Lipinski definition) is 13. The van der Waals surface area contributed by atoms with Crippen LogP contribution in [0.3, 0.4) is 0 Å². The van der Waals surface area contributed by atoms with Crippen molar-refractivity contribution in [2.24, 2.45) is 0 Å². The molecule has 198 valence electrons. The fraction of sp³-hybridized carbons (Fsp3) is 0.435. The van der Waals surface area contributed by atoms with Gasteiger partial charge in [-0.05, 0) is 23.8 Å². The minimum Gasteiger partial charge on any atom is -0.463 e. The van der Waals surface area contributed by atoms with E-state index in [-0.39, 0.29) is 9.23 Å². The Morgan fingerprint density at radius 2 is 1.54 bits per heavy atom. The van der Waals surface area contributed by atoms with E-state index in [1.54, 1.807) is 30.6 Å². The standard InChI is InChI=1S/C23H24N2O10S2/c1-11(26)31-10-16-18(32-12(2)27)19(33-13(3)28)20(34-14(4)29)22(35-16)25-21(30)17(37-23(25)36)9-15-5-7-24-8-6-15/h5-9,16,18-20,22H,10H2,1-4H3. The Hall–Kier alpha value is -3.36. The first-order valence-electron chi connectivity index (χ1n) is 11.0. The summed E-state index contributed by atoms with van der Waals surface area (Å²) in [5.41, 5.74) is 0.692. The number of amides is 1. The molecular weight excluding hydrogens is 528 g/mol. The predicted molar refractivity (Wildman–Crippen MR) is 131 cm³/mol. The van der Waals surface area contributed by atoms with Gasteiger partial charge in [0.05, 0.1) is 4.91 Å². The lowest BCUT2D eigenvalue weighted by molar-refractivity contribution is -0.268. The zero-order valence-corrected chi connectivity index (χ0v) is 21.9. The lowest BCUT2D eigenvalue weighted by Gasteiger charge is -2.46. The van der Waals surface area contributed by atoms with Crippen LogP contribution in [0.15, 0.2) is 29.4 Å². The number of ether oxygens (including phenoxy) is 5. The van der Waals surface area contributed by atoms with Gasteiger partial charge in [-0.1, -0.05) is 24.0 Å². The Morgan fingerprint density at radius 1 is 0.973 bits per heavy atom. The van der Waals surface area contributed by atoms with Crippen molar-refractivity contribution in [3.8, 4) is 0 Å². The Labute approximate surface area is 221 Å². The van der Waals surface area contributed by atoms with Gasteiger partial charge in [-0.15, -0.1) is 0 Å².